The second kappa shape index (κ2) is 48.1. The lowest BCUT2D eigenvalue weighted by atomic mass is 10.0. The van der Waals surface area contributed by atoms with Crippen molar-refractivity contribution in [3.05, 3.63) is 0 Å². The first kappa shape index (κ1) is 56.4. The maximum Gasteiger partial charge on any atom is 0.306 e. The topological polar surface area (TPSA) is 78.9 Å². The van der Waals surface area contributed by atoms with E-state index in [9.17, 15) is 14.4 Å². The average Bonchev–Trinajstić information content (AvgIpc) is 3.22. The molecule has 0 saturated heterocycles. The van der Waals surface area contributed by atoms with Crippen LogP contribution in [0.3, 0.4) is 0 Å². The largest absolute Gasteiger partial charge is 0.462 e. The maximum atomic E-state index is 12.8. The van der Waals surface area contributed by atoms with Crippen LogP contribution in [-0.4, -0.2) is 37.2 Å². The van der Waals surface area contributed by atoms with Gasteiger partial charge in [0.1, 0.15) is 13.2 Å². The number of carbonyl (C=O) groups is 3. The molecule has 0 N–H and O–H groups in total. The van der Waals surface area contributed by atoms with Crippen molar-refractivity contribution in [2.75, 3.05) is 13.2 Å². The van der Waals surface area contributed by atoms with Gasteiger partial charge in [-0.1, -0.05) is 258 Å². The summed E-state index contributed by atoms with van der Waals surface area (Å²) in [6, 6.07) is 0. The molecule has 6 nitrogen and oxygen atoms in total. The van der Waals surface area contributed by atoms with Crippen LogP contribution in [0.25, 0.3) is 0 Å². The third-order valence-corrected chi connectivity index (χ3v) is 11.9. The monoisotopic (exact) mass is 821 g/mol. The fraction of sp³-hybridized carbons (Fsp3) is 0.942. The van der Waals surface area contributed by atoms with Gasteiger partial charge >= 0.3 is 17.9 Å². The molecule has 0 unspecified atom stereocenters. The SMILES string of the molecule is CCCCCCCCCCCCCCCCCC(=O)O[C@@H](COC(=O)CCCCCCCCCCCCCC)COC(=O)CCCCCCCCCCCCCCC. The smallest absolute Gasteiger partial charge is 0.306 e. The number of carbonyl (C=O) groups excluding carboxylic acids is 3. The molecule has 0 rings (SSSR count). The van der Waals surface area contributed by atoms with E-state index in [0.29, 0.717) is 19.3 Å². The second-order valence-electron chi connectivity index (χ2n) is 17.8. The first-order valence-electron chi connectivity index (χ1n) is 26.0. The molecule has 0 spiro atoms. The third kappa shape index (κ3) is 45.5. The summed E-state index contributed by atoms with van der Waals surface area (Å²) in [6.07, 6.45) is 50.8. The highest BCUT2D eigenvalue weighted by Gasteiger charge is 2.19. The highest BCUT2D eigenvalue weighted by molar-refractivity contribution is 5.71. The van der Waals surface area contributed by atoms with Crippen molar-refractivity contribution < 1.29 is 28.6 Å². The Bertz CT molecular complexity index is 859. The number of esters is 3. The highest BCUT2D eigenvalue weighted by atomic mass is 16.6. The molecular weight excluding hydrogens is 721 g/mol. The van der Waals surface area contributed by atoms with Gasteiger partial charge in [0, 0.05) is 19.3 Å². The molecule has 58 heavy (non-hydrogen) atoms. The quantitative estimate of drug-likeness (QED) is 0.0346. The van der Waals surface area contributed by atoms with Crippen molar-refractivity contribution >= 4 is 17.9 Å². The number of unbranched alkanes of at least 4 members (excludes halogenated alkanes) is 37. The van der Waals surface area contributed by atoms with Gasteiger partial charge in [-0.25, -0.2) is 0 Å². The molecule has 0 fully saturated rings. The molecule has 0 aliphatic carbocycles. The van der Waals surface area contributed by atoms with E-state index in [-0.39, 0.29) is 31.1 Å². The van der Waals surface area contributed by atoms with E-state index in [1.165, 1.54) is 199 Å². The van der Waals surface area contributed by atoms with Crippen molar-refractivity contribution in [2.24, 2.45) is 0 Å². The molecule has 0 radical (unpaired) electrons. The van der Waals surface area contributed by atoms with Crippen LogP contribution >= 0.6 is 0 Å². The zero-order chi connectivity index (χ0) is 42.3. The molecule has 1 atom stereocenters. The number of hydrogen-bond donors (Lipinski definition) is 0. The summed E-state index contributed by atoms with van der Waals surface area (Å²) < 4.78 is 16.8. The summed E-state index contributed by atoms with van der Waals surface area (Å²) in [4.78, 5) is 37.9. The lowest BCUT2D eigenvalue weighted by Gasteiger charge is -2.18. The molecule has 0 aliphatic rings. The van der Waals surface area contributed by atoms with Crippen LogP contribution in [0.1, 0.15) is 297 Å². The van der Waals surface area contributed by atoms with Crippen LogP contribution in [0, 0.1) is 0 Å². The van der Waals surface area contributed by atoms with E-state index < -0.39 is 6.10 Å². The predicted molar refractivity (Wildman–Crippen MR) is 247 cm³/mol. The van der Waals surface area contributed by atoms with Gasteiger partial charge < -0.3 is 14.2 Å². The van der Waals surface area contributed by atoms with Crippen LogP contribution in [0.4, 0.5) is 0 Å². The van der Waals surface area contributed by atoms with Crippen molar-refractivity contribution in [3.63, 3.8) is 0 Å². The summed E-state index contributed by atoms with van der Waals surface area (Å²) in [5.74, 6) is -0.840. The van der Waals surface area contributed by atoms with Crippen LogP contribution in [0.2, 0.25) is 0 Å². The molecule has 0 bridgehead atoms. The van der Waals surface area contributed by atoms with E-state index in [1.807, 2.05) is 0 Å². The van der Waals surface area contributed by atoms with Crippen molar-refractivity contribution in [1.82, 2.24) is 0 Å². The minimum Gasteiger partial charge on any atom is -0.462 e. The molecule has 0 aliphatic heterocycles. The van der Waals surface area contributed by atoms with Crippen LogP contribution in [0.5, 0.6) is 0 Å². The Balaban J connectivity index is 4.30. The van der Waals surface area contributed by atoms with Gasteiger partial charge in [0.2, 0.25) is 0 Å². The Kier molecular flexibility index (Phi) is 46.8. The van der Waals surface area contributed by atoms with Crippen LogP contribution < -0.4 is 0 Å². The Labute approximate surface area is 361 Å². The molecule has 0 saturated carbocycles. The van der Waals surface area contributed by atoms with E-state index in [4.69, 9.17) is 14.2 Å². The summed E-state index contributed by atoms with van der Waals surface area (Å²) in [6.45, 7) is 6.68. The summed E-state index contributed by atoms with van der Waals surface area (Å²) >= 11 is 0. The van der Waals surface area contributed by atoms with Crippen LogP contribution in [0.15, 0.2) is 0 Å². The van der Waals surface area contributed by atoms with E-state index >= 15 is 0 Å². The lowest BCUT2D eigenvalue weighted by molar-refractivity contribution is -0.167. The molecule has 0 aromatic carbocycles. The van der Waals surface area contributed by atoms with Gasteiger partial charge in [0.15, 0.2) is 6.10 Å². The fourth-order valence-corrected chi connectivity index (χ4v) is 7.92. The van der Waals surface area contributed by atoms with Gasteiger partial charge in [0.05, 0.1) is 0 Å². The standard InChI is InChI=1S/C52H100O6/c1-4-7-10-13-16-19-22-25-26-28-31-34-37-40-43-46-52(55)58-49(47-56-50(53)44-41-38-35-32-29-24-21-18-15-12-9-6-3)48-57-51(54)45-42-39-36-33-30-27-23-20-17-14-11-8-5-2/h49H,4-48H2,1-3H3/t49-/m0/s1. The predicted octanol–water partition coefficient (Wildman–Crippen LogP) is 16.8. The summed E-state index contributed by atoms with van der Waals surface area (Å²) in [5, 5.41) is 0. The van der Waals surface area contributed by atoms with E-state index in [1.54, 1.807) is 0 Å². The molecule has 0 amide bonds. The molecule has 344 valence electrons. The van der Waals surface area contributed by atoms with Gasteiger partial charge in [-0.05, 0) is 19.3 Å². The minimum absolute atomic E-state index is 0.0617. The van der Waals surface area contributed by atoms with Crippen molar-refractivity contribution in [3.8, 4) is 0 Å². The maximum absolute atomic E-state index is 12.8. The average molecular weight is 821 g/mol. The molecule has 0 heterocycles. The Morgan fingerprint density at radius 2 is 0.466 bits per heavy atom. The van der Waals surface area contributed by atoms with Crippen molar-refractivity contribution in [2.45, 2.75) is 303 Å². The first-order chi connectivity index (χ1) is 28.5. The second-order valence-corrected chi connectivity index (χ2v) is 17.8. The first-order valence-corrected chi connectivity index (χ1v) is 26.0. The molecule has 0 aromatic heterocycles. The molecular formula is C52H100O6. The van der Waals surface area contributed by atoms with Crippen molar-refractivity contribution in [1.29, 1.82) is 0 Å². The highest BCUT2D eigenvalue weighted by Crippen LogP contribution is 2.17. The molecule has 0 aromatic rings. The lowest BCUT2D eigenvalue weighted by Crippen LogP contribution is -2.30. The number of rotatable bonds is 48. The zero-order valence-electron chi connectivity index (χ0n) is 39.3. The van der Waals surface area contributed by atoms with Crippen LogP contribution in [-0.2, 0) is 28.6 Å². The van der Waals surface area contributed by atoms with Gasteiger partial charge in [-0.3, -0.25) is 14.4 Å². The Morgan fingerprint density at radius 1 is 0.276 bits per heavy atom. The summed E-state index contributed by atoms with van der Waals surface area (Å²) in [5.41, 5.74) is 0. The number of ether oxygens (including phenoxy) is 3. The van der Waals surface area contributed by atoms with Gasteiger partial charge in [-0.15, -0.1) is 0 Å². The molecule has 6 heteroatoms. The summed E-state index contributed by atoms with van der Waals surface area (Å²) in [7, 11) is 0. The zero-order valence-corrected chi connectivity index (χ0v) is 39.3. The normalized spacial score (nSPS) is 11.8. The Morgan fingerprint density at radius 3 is 0.690 bits per heavy atom. The third-order valence-electron chi connectivity index (χ3n) is 11.9. The van der Waals surface area contributed by atoms with E-state index in [0.717, 1.165) is 57.8 Å². The minimum atomic E-state index is -0.759. The van der Waals surface area contributed by atoms with E-state index in [2.05, 4.69) is 20.8 Å². The van der Waals surface area contributed by atoms with Gasteiger partial charge in [-0.2, -0.15) is 0 Å². The fourth-order valence-electron chi connectivity index (χ4n) is 7.92. The van der Waals surface area contributed by atoms with Gasteiger partial charge in [0.25, 0.3) is 0 Å². The Hall–Kier alpha value is -1.59. The number of hydrogen-bond acceptors (Lipinski definition) is 6.